The van der Waals surface area contributed by atoms with E-state index in [-0.39, 0.29) is 0 Å². The second-order valence-electron chi connectivity index (χ2n) is 5.37. The molecule has 0 aliphatic heterocycles. The molecule has 0 radical (unpaired) electrons. The van der Waals surface area contributed by atoms with Crippen molar-refractivity contribution in [3.05, 3.63) is 53.9 Å². The molecule has 3 rings (SSSR count). The second kappa shape index (κ2) is 7.56. The lowest BCUT2D eigenvalue weighted by atomic mass is 10.2. The van der Waals surface area contributed by atoms with Crippen LogP contribution in [-0.2, 0) is 6.54 Å². The molecule has 0 saturated heterocycles. The summed E-state index contributed by atoms with van der Waals surface area (Å²) in [6.45, 7) is 0.335. The van der Waals surface area contributed by atoms with E-state index in [4.69, 9.17) is 19.7 Å². The van der Waals surface area contributed by atoms with Crippen molar-refractivity contribution in [2.24, 2.45) is 5.73 Å². The zero-order valence-electron chi connectivity index (χ0n) is 14.4. The molecule has 134 valence electrons. The van der Waals surface area contributed by atoms with Gasteiger partial charge in [-0.3, -0.25) is 4.79 Å². The molecule has 8 heteroatoms. The Morgan fingerprint density at radius 3 is 2.58 bits per heavy atom. The maximum Gasteiger partial charge on any atom is 0.248 e. The van der Waals surface area contributed by atoms with Crippen molar-refractivity contribution < 1.29 is 18.8 Å². The molecule has 0 spiro atoms. The van der Waals surface area contributed by atoms with Gasteiger partial charge in [-0.25, -0.2) is 0 Å². The van der Waals surface area contributed by atoms with E-state index in [1.54, 1.807) is 50.6 Å². The van der Waals surface area contributed by atoms with Crippen LogP contribution in [-0.4, -0.2) is 30.3 Å². The molecule has 0 atom stereocenters. The van der Waals surface area contributed by atoms with E-state index in [1.807, 2.05) is 6.07 Å². The van der Waals surface area contributed by atoms with Gasteiger partial charge in [0.05, 0.1) is 26.3 Å². The lowest BCUT2D eigenvalue weighted by Gasteiger charge is -2.07. The summed E-state index contributed by atoms with van der Waals surface area (Å²) in [4.78, 5) is 15.4. The summed E-state index contributed by atoms with van der Waals surface area (Å²) in [7, 11) is 3.15. The van der Waals surface area contributed by atoms with Crippen LogP contribution in [0.5, 0.6) is 11.5 Å². The maximum absolute atomic E-state index is 11.1. The summed E-state index contributed by atoms with van der Waals surface area (Å²) >= 11 is 0. The number of carbonyl (C=O) groups excluding carboxylic acids is 1. The van der Waals surface area contributed by atoms with Crippen molar-refractivity contribution in [1.29, 1.82) is 0 Å². The number of nitrogens with zero attached hydrogens (tertiary/aromatic N) is 2. The van der Waals surface area contributed by atoms with Gasteiger partial charge in [-0.2, -0.15) is 4.98 Å². The highest BCUT2D eigenvalue weighted by atomic mass is 16.5. The van der Waals surface area contributed by atoms with Gasteiger partial charge >= 0.3 is 0 Å². The predicted octanol–water partition coefficient (Wildman–Crippen LogP) is 2.46. The van der Waals surface area contributed by atoms with Gasteiger partial charge in [0, 0.05) is 17.3 Å². The number of carbonyl (C=O) groups is 1. The number of ether oxygens (including phenoxy) is 2. The largest absolute Gasteiger partial charge is 0.497 e. The van der Waals surface area contributed by atoms with Crippen molar-refractivity contribution >= 4 is 11.6 Å². The second-order valence-corrected chi connectivity index (χ2v) is 5.37. The lowest BCUT2D eigenvalue weighted by Crippen LogP contribution is -2.10. The smallest absolute Gasteiger partial charge is 0.248 e. The SMILES string of the molecule is COc1ccc(-c2noc(CNc3ccc(C(N)=O)cc3)n2)c(OC)c1. The van der Waals surface area contributed by atoms with Crippen LogP contribution in [0.1, 0.15) is 16.2 Å². The summed E-state index contributed by atoms with van der Waals surface area (Å²) < 4.78 is 15.8. The van der Waals surface area contributed by atoms with E-state index < -0.39 is 5.91 Å². The van der Waals surface area contributed by atoms with Gasteiger partial charge in [0.15, 0.2) is 0 Å². The number of aromatic nitrogens is 2. The molecule has 2 aromatic carbocycles. The molecule has 0 unspecified atom stereocenters. The van der Waals surface area contributed by atoms with Gasteiger partial charge in [0.1, 0.15) is 11.5 Å². The number of hydrogen-bond donors (Lipinski definition) is 2. The topological polar surface area (TPSA) is 112 Å². The van der Waals surface area contributed by atoms with E-state index in [2.05, 4.69) is 15.5 Å². The van der Waals surface area contributed by atoms with Crippen LogP contribution < -0.4 is 20.5 Å². The molecule has 1 heterocycles. The molecular formula is C18H18N4O4. The Kier molecular flexibility index (Phi) is 5.02. The van der Waals surface area contributed by atoms with Gasteiger partial charge in [0.25, 0.3) is 0 Å². The van der Waals surface area contributed by atoms with Gasteiger partial charge in [-0.05, 0) is 36.4 Å². The first-order valence-electron chi connectivity index (χ1n) is 7.79. The summed E-state index contributed by atoms with van der Waals surface area (Å²) in [6, 6.07) is 12.2. The molecule has 8 nitrogen and oxygen atoms in total. The number of nitrogens with two attached hydrogens (primary N) is 1. The van der Waals surface area contributed by atoms with E-state index in [1.165, 1.54) is 0 Å². The summed E-state index contributed by atoms with van der Waals surface area (Å²) in [6.07, 6.45) is 0. The average molecular weight is 354 g/mol. The van der Waals surface area contributed by atoms with Gasteiger partial charge in [0.2, 0.25) is 17.6 Å². The van der Waals surface area contributed by atoms with Crippen LogP contribution in [0.15, 0.2) is 47.0 Å². The normalized spacial score (nSPS) is 10.4. The van der Waals surface area contributed by atoms with Crippen molar-refractivity contribution in [3.8, 4) is 22.9 Å². The minimum Gasteiger partial charge on any atom is -0.497 e. The monoisotopic (exact) mass is 354 g/mol. The summed E-state index contributed by atoms with van der Waals surface area (Å²) in [5.74, 6) is 1.64. The van der Waals surface area contributed by atoms with Crippen molar-refractivity contribution in [3.63, 3.8) is 0 Å². The molecule has 0 fully saturated rings. The van der Waals surface area contributed by atoms with Crippen molar-refractivity contribution in [2.45, 2.75) is 6.54 Å². The molecule has 3 N–H and O–H groups in total. The quantitative estimate of drug-likeness (QED) is 0.670. The molecule has 0 aliphatic rings. The molecule has 3 aromatic rings. The molecular weight excluding hydrogens is 336 g/mol. The fraction of sp³-hybridized carbons (Fsp3) is 0.167. The van der Waals surface area contributed by atoms with Gasteiger partial charge < -0.3 is 25.0 Å². The average Bonchev–Trinajstić information content (AvgIpc) is 3.15. The molecule has 0 saturated carbocycles. The van der Waals surface area contributed by atoms with Crippen LogP contribution in [0.4, 0.5) is 5.69 Å². The van der Waals surface area contributed by atoms with Crippen molar-refractivity contribution in [1.82, 2.24) is 10.1 Å². The fourth-order valence-corrected chi connectivity index (χ4v) is 2.35. The number of nitrogens with one attached hydrogen (secondary N) is 1. The Balaban J connectivity index is 1.71. The number of rotatable bonds is 7. The standard InChI is InChI=1S/C18H18N4O4/c1-24-13-7-8-14(15(9-13)25-2)18-21-16(26-22-18)10-20-12-5-3-11(4-6-12)17(19)23/h3-9,20H,10H2,1-2H3,(H2,19,23). The number of anilines is 1. The highest BCUT2D eigenvalue weighted by molar-refractivity contribution is 5.93. The van der Waals surface area contributed by atoms with E-state index in [0.29, 0.717) is 40.9 Å². The molecule has 1 amide bonds. The Hall–Kier alpha value is -3.55. The van der Waals surface area contributed by atoms with Gasteiger partial charge in [-0.15, -0.1) is 0 Å². The molecule has 1 aromatic heterocycles. The van der Waals surface area contributed by atoms with Crippen LogP contribution in [0.2, 0.25) is 0 Å². The molecule has 0 aliphatic carbocycles. The number of primary amides is 1. The van der Waals surface area contributed by atoms with Crippen LogP contribution >= 0.6 is 0 Å². The first-order valence-corrected chi connectivity index (χ1v) is 7.79. The summed E-state index contributed by atoms with van der Waals surface area (Å²) in [5, 5.41) is 7.13. The Bertz CT molecular complexity index is 906. The third-order valence-electron chi connectivity index (χ3n) is 3.73. The van der Waals surface area contributed by atoms with E-state index in [9.17, 15) is 4.79 Å². The first-order chi connectivity index (χ1) is 12.6. The Labute approximate surface area is 149 Å². The maximum atomic E-state index is 11.1. The number of hydrogen-bond acceptors (Lipinski definition) is 7. The van der Waals surface area contributed by atoms with Crippen molar-refractivity contribution in [2.75, 3.05) is 19.5 Å². The number of methoxy groups -OCH3 is 2. The predicted molar refractivity (Wildman–Crippen MR) is 95.1 cm³/mol. The van der Waals surface area contributed by atoms with E-state index in [0.717, 1.165) is 5.69 Å². The first kappa shape index (κ1) is 17.3. The van der Waals surface area contributed by atoms with E-state index >= 15 is 0 Å². The highest BCUT2D eigenvalue weighted by Gasteiger charge is 2.14. The van der Waals surface area contributed by atoms with Crippen LogP contribution in [0.25, 0.3) is 11.4 Å². The van der Waals surface area contributed by atoms with Gasteiger partial charge in [-0.1, -0.05) is 5.16 Å². The Morgan fingerprint density at radius 1 is 1.15 bits per heavy atom. The number of benzene rings is 2. The van der Waals surface area contributed by atoms with Crippen LogP contribution in [0, 0.1) is 0 Å². The fourth-order valence-electron chi connectivity index (χ4n) is 2.35. The highest BCUT2D eigenvalue weighted by Crippen LogP contribution is 2.31. The lowest BCUT2D eigenvalue weighted by molar-refractivity contribution is 0.100. The minimum atomic E-state index is -0.466. The third kappa shape index (κ3) is 3.75. The third-order valence-corrected chi connectivity index (χ3v) is 3.73. The minimum absolute atomic E-state index is 0.335. The number of amides is 1. The zero-order valence-corrected chi connectivity index (χ0v) is 14.4. The molecule has 26 heavy (non-hydrogen) atoms. The summed E-state index contributed by atoms with van der Waals surface area (Å²) in [5.41, 5.74) is 7.17. The Morgan fingerprint density at radius 2 is 1.92 bits per heavy atom. The van der Waals surface area contributed by atoms with Crippen LogP contribution in [0.3, 0.4) is 0 Å². The molecule has 0 bridgehead atoms. The zero-order chi connectivity index (χ0) is 18.5.